The zero-order chi connectivity index (χ0) is 19.8. The molecule has 2 atom stereocenters. The number of thioether (sulfide) groups is 1. The van der Waals surface area contributed by atoms with Gasteiger partial charge in [-0.15, -0.1) is 0 Å². The van der Waals surface area contributed by atoms with Crippen LogP contribution in [0.4, 0.5) is 5.69 Å². The summed E-state index contributed by atoms with van der Waals surface area (Å²) in [6.07, 6.45) is 0.221. The van der Waals surface area contributed by atoms with Crippen LogP contribution in [0.2, 0.25) is 0 Å². The summed E-state index contributed by atoms with van der Waals surface area (Å²) in [6, 6.07) is 5.69. The standard InChI is InChI=1S/C18H22N2O5S2/c1-11-6-7-12(2)13(8-11)20-14-9-27(24,25)10-15(14)26-18(20)19-16(21)4-3-5-17(22)23/h6-8,14-15H,3-5,9-10H2,1-2H3,(H,22,23)/t14-,15-/m0/s1. The molecule has 1 aromatic rings. The van der Waals surface area contributed by atoms with Gasteiger partial charge >= 0.3 is 5.97 Å². The van der Waals surface area contributed by atoms with Crippen LogP contribution in [0.25, 0.3) is 0 Å². The summed E-state index contributed by atoms with van der Waals surface area (Å²) in [5.41, 5.74) is 2.89. The second-order valence-corrected chi connectivity index (χ2v) is 10.4. The Balaban J connectivity index is 1.91. The van der Waals surface area contributed by atoms with Crippen LogP contribution in [0.1, 0.15) is 30.4 Å². The maximum absolute atomic E-state index is 12.2. The minimum absolute atomic E-state index is 0.0459. The minimum Gasteiger partial charge on any atom is -0.481 e. The van der Waals surface area contributed by atoms with Gasteiger partial charge in [0.2, 0.25) is 5.91 Å². The summed E-state index contributed by atoms with van der Waals surface area (Å²) in [4.78, 5) is 28.9. The summed E-state index contributed by atoms with van der Waals surface area (Å²) < 4.78 is 24.2. The van der Waals surface area contributed by atoms with E-state index in [0.717, 1.165) is 16.8 Å². The molecule has 0 bridgehead atoms. The Kier molecular flexibility index (Phi) is 5.62. The Morgan fingerprint density at radius 3 is 2.70 bits per heavy atom. The van der Waals surface area contributed by atoms with E-state index in [9.17, 15) is 18.0 Å². The molecule has 3 rings (SSSR count). The number of carbonyl (C=O) groups excluding carboxylic acids is 1. The van der Waals surface area contributed by atoms with E-state index in [4.69, 9.17) is 5.11 Å². The maximum Gasteiger partial charge on any atom is 0.303 e. The fourth-order valence-corrected chi connectivity index (χ4v) is 7.30. The van der Waals surface area contributed by atoms with Crippen LogP contribution < -0.4 is 4.90 Å². The molecule has 146 valence electrons. The Bertz CT molecular complexity index is 910. The summed E-state index contributed by atoms with van der Waals surface area (Å²) >= 11 is 1.33. The molecule has 0 aliphatic carbocycles. The number of carboxylic acid groups (broad SMARTS) is 1. The van der Waals surface area contributed by atoms with E-state index in [1.54, 1.807) is 0 Å². The van der Waals surface area contributed by atoms with Crippen LogP contribution in [0.3, 0.4) is 0 Å². The molecule has 0 spiro atoms. The summed E-state index contributed by atoms with van der Waals surface area (Å²) in [5, 5.41) is 9.06. The van der Waals surface area contributed by atoms with Crippen molar-refractivity contribution >= 4 is 44.3 Å². The second-order valence-electron chi connectivity index (χ2n) is 7.00. The first-order valence-electron chi connectivity index (χ1n) is 8.73. The number of hydrogen-bond acceptors (Lipinski definition) is 5. The van der Waals surface area contributed by atoms with Crippen LogP contribution in [0.15, 0.2) is 23.2 Å². The van der Waals surface area contributed by atoms with Crippen molar-refractivity contribution in [1.29, 1.82) is 0 Å². The molecule has 0 aromatic heterocycles. The van der Waals surface area contributed by atoms with Crippen LogP contribution in [-0.2, 0) is 19.4 Å². The van der Waals surface area contributed by atoms with Gasteiger partial charge in [0.25, 0.3) is 0 Å². The molecule has 2 heterocycles. The van der Waals surface area contributed by atoms with Gasteiger partial charge in [-0.2, -0.15) is 4.99 Å². The lowest BCUT2D eigenvalue weighted by Crippen LogP contribution is -2.38. The summed E-state index contributed by atoms with van der Waals surface area (Å²) in [7, 11) is -3.11. The molecule has 0 radical (unpaired) electrons. The first-order valence-corrected chi connectivity index (χ1v) is 11.4. The average molecular weight is 411 g/mol. The van der Waals surface area contributed by atoms with Gasteiger partial charge in [-0.1, -0.05) is 23.9 Å². The van der Waals surface area contributed by atoms with Crippen LogP contribution in [0, 0.1) is 13.8 Å². The maximum atomic E-state index is 12.2. The van der Waals surface area contributed by atoms with Gasteiger partial charge in [0.15, 0.2) is 15.0 Å². The number of carboxylic acids is 1. The van der Waals surface area contributed by atoms with Gasteiger partial charge in [0.1, 0.15) is 0 Å². The van der Waals surface area contributed by atoms with E-state index in [-0.39, 0.29) is 48.0 Å². The zero-order valence-corrected chi connectivity index (χ0v) is 16.8. The van der Waals surface area contributed by atoms with Gasteiger partial charge in [-0.25, -0.2) is 8.42 Å². The van der Waals surface area contributed by atoms with Crippen LogP contribution in [-0.4, -0.2) is 53.4 Å². The SMILES string of the molecule is Cc1ccc(C)c(N2C(=NC(=O)CCCC(=O)O)S[C@H]3CS(=O)(=O)C[C@@H]32)c1. The molecule has 2 saturated heterocycles. The fraction of sp³-hybridized carbons (Fsp3) is 0.500. The van der Waals surface area contributed by atoms with E-state index in [1.165, 1.54) is 11.8 Å². The fourth-order valence-electron chi connectivity index (χ4n) is 3.38. The number of nitrogens with zero attached hydrogens (tertiary/aromatic N) is 2. The van der Waals surface area contributed by atoms with Gasteiger partial charge < -0.3 is 10.0 Å². The smallest absolute Gasteiger partial charge is 0.303 e. The highest BCUT2D eigenvalue weighted by Gasteiger charge is 2.49. The zero-order valence-electron chi connectivity index (χ0n) is 15.2. The number of aryl methyl sites for hydroxylation is 2. The number of carbonyl (C=O) groups is 2. The van der Waals surface area contributed by atoms with E-state index >= 15 is 0 Å². The van der Waals surface area contributed by atoms with Gasteiger partial charge in [-0.05, 0) is 37.5 Å². The van der Waals surface area contributed by atoms with E-state index in [2.05, 4.69) is 4.99 Å². The van der Waals surface area contributed by atoms with E-state index in [0.29, 0.717) is 5.17 Å². The summed E-state index contributed by atoms with van der Waals surface area (Å²) in [5.74, 6) is -1.19. The molecule has 9 heteroatoms. The highest BCUT2D eigenvalue weighted by atomic mass is 32.2. The van der Waals surface area contributed by atoms with E-state index in [1.807, 2.05) is 36.9 Å². The number of amides is 1. The molecule has 0 saturated carbocycles. The molecule has 7 nitrogen and oxygen atoms in total. The molecule has 1 amide bonds. The third kappa shape index (κ3) is 4.52. The monoisotopic (exact) mass is 410 g/mol. The number of aliphatic imine (C=N–C) groups is 1. The molecular formula is C18H22N2O5S2. The lowest BCUT2D eigenvalue weighted by atomic mass is 10.1. The largest absolute Gasteiger partial charge is 0.481 e. The third-order valence-electron chi connectivity index (χ3n) is 4.69. The number of benzene rings is 1. The number of anilines is 1. The molecule has 1 aromatic carbocycles. The second kappa shape index (κ2) is 7.63. The number of amidine groups is 1. The quantitative estimate of drug-likeness (QED) is 0.793. The van der Waals surface area contributed by atoms with Crippen molar-refractivity contribution < 1.29 is 23.1 Å². The number of rotatable bonds is 5. The Morgan fingerprint density at radius 1 is 1.26 bits per heavy atom. The first-order chi connectivity index (χ1) is 12.7. The molecular weight excluding hydrogens is 388 g/mol. The molecule has 1 N–H and O–H groups in total. The van der Waals surface area contributed by atoms with Crippen molar-refractivity contribution in [2.24, 2.45) is 4.99 Å². The van der Waals surface area contributed by atoms with Crippen molar-refractivity contribution in [3.8, 4) is 0 Å². The Labute approximate surface area is 162 Å². The van der Waals surface area contributed by atoms with Gasteiger partial charge in [0.05, 0.1) is 17.5 Å². The Hall–Kier alpha value is -1.87. The molecule has 27 heavy (non-hydrogen) atoms. The van der Waals surface area contributed by atoms with Gasteiger partial charge in [0, 0.05) is 23.8 Å². The lowest BCUT2D eigenvalue weighted by molar-refractivity contribution is -0.137. The van der Waals surface area contributed by atoms with Gasteiger partial charge in [-0.3, -0.25) is 9.59 Å². The van der Waals surface area contributed by atoms with Crippen molar-refractivity contribution in [3.05, 3.63) is 29.3 Å². The number of fused-ring (bicyclic) bond motifs is 1. The molecule has 0 unspecified atom stereocenters. The average Bonchev–Trinajstić information content (AvgIpc) is 3.00. The highest BCUT2D eigenvalue weighted by Crippen LogP contribution is 2.42. The normalized spacial score (nSPS) is 25.0. The minimum atomic E-state index is -3.11. The third-order valence-corrected chi connectivity index (χ3v) is 7.90. The molecule has 2 aliphatic heterocycles. The van der Waals surface area contributed by atoms with Crippen molar-refractivity contribution in [3.63, 3.8) is 0 Å². The number of sulfone groups is 1. The van der Waals surface area contributed by atoms with Crippen molar-refractivity contribution in [2.75, 3.05) is 16.4 Å². The van der Waals surface area contributed by atoms with Crippen LogP contribution >= 0.6 is 11.8 Å². The van der Waals surface area contributed by atoms with Crippen molar-refractivity contribution in [1.82, 2.24) is 0 Å². The Morgan fingerprint density at radius 2 is 2.00 bits per heavy atom. The van der Waals surface area contributed by atoms with Crippen LogP contribution in [0.5, 0.6) is 0 Å². The predicted molar refractivity (Wildman–Crippen MR) is 106 cm³/mol. The predicted octanol–water partition coefficient (Wildman–Crippen LogP) is 2.16. The first kappa shape index (κ1) is 19.9. The topological polar surface area (TPSA) is 104 Å². The lowest BCUT2D eigenvalue weighted by Gasteiger charge is -2.26. The number of aliphatic carboxylic acids is 1. The molecule has 2 fully saturated rings. The van der Waals surface area contributed by atoms with Crippen molar-refractivity contribution in [2.45, 2.75) is 44.4 Å². The number of hydrogen-bond donors (Lipinski definition) is 1. The molecule has 2 aliphatic rings. The summed E-state index contributed by atoms with van der Waals surface area (Å²) in [6.45, 7) is 3.91. The highest BCUT2D eigenvalue weighted by molar-refractivity contribution is 8.16. The van der Waals surface area contributed by atoms with E-state index < -0.39 is 15.8 Å².